The number of carbonyl (C=O) groups excluding carboxylic acids is 3. The summed E-state index contributed by atoms with van der Waals surface area (Å²) < 4.78 is 15.8. The molecular weight excluding hydrogens is 554 g/mol. The highest BCUT2D eigenvalue weighted by molar-refractivity contribution is 5.89. The van der Waals surface area contributed by atoms with E-state index in [-0.39, 0.29) is 29.4 Å². The van der Waals surface area contributed by atoms with Gasteiger partial charge in [0.25, 0.3) is 0 Å². The van der Waals surface area contributed by atoms with Crippen LogP contribution in [-0.4, -0.2) is 31.7 Å². The predicted octanol–water partition coefficient (Wildman–Crippen LogP) is 7.25. The standard InChI is InChI=1S/C37H51NO6/c1-34(2,3)33(41)44-22-43-32(40)23-17-19-36(6)25(21-23)11-14-27-28-15-16-30(37(28,7)20-18-29(27)36)31(39)38-35(4,5)24-9-12-26(42-8)13-10-24/h9-13,21,27-30H,14-20,22H2,1-8H3,(H,38,39)/t27-,28-,29-,30+,36-,37-/m0/s1. The Hall–Kier alpha value is -3.09. The van der Waals surface area contributed by atoms with E-state index in [4.69, 9.17) is 14.2 Å². The maximum Gasteiger partial charge on any atom is 0.336 e. The lowest BCUT2D eigenvalue weighted by Gasteiger charge is -2.57. The molecule has 4 aliphatic carbocycles. The van der Waals surface area contributed by atoms with E-state index >= 15 is 0 Å². The summed E-state index contributed by atoms with van der Waals surface area (Å²) in [6.07, 6.45) is 11.0. The summed E-state index contributed by atoms with van der Waals surface area (Å²) >= 11 is 0. The molecule has 2 fully saturated rings. The van der Waals surface area contributed by atoms with Gasteiger partial charge in [0.15, 0.2) is 0 Å². The second kappa shape index (κ2) is 11.7. The van der Waals surface area contributed by atoms with Gasteiger partial charge in [-0.25, -0.2) is 4.79 Å². The third kappa shape index (κ3) is 5.83. The molecule has 44 heavy (non-hydrogen) atoms. The number of allylic oxidation sites excluding steroid dienone is 3. The van der Waals surface area contributed by atoms with Crippen LogP contribution in [0.3, 0.4) is 0 Å². The van der Waals surface area contributed by atoms with E-state index < -0.39 is 22.9 Å². The fourth-order valence-electron chi connectivity index (χ4n) is 8.84. The number of ether oxygens (including phenoxy) is 3. The van der Waals surface area contributed by atoms with Gasteiger partial charge < -0.3 is 19.5 Å². The zero-order valence-corrected chi connectivity index (χ0v) is 27.9. The van der Waals surface area contributed by atoms with E-state index in [9.17, 15) is 14.4 Å². The number of hydrogen-bond acceptors (Lipinski definition) is 6. The van der Waals surface area contributed by atoms with Crippen molar-refractivity contribution in [3.05, 3.63) is 53.1 Å². The van der Waals surface area contributed by atoms with Crippen LogP contribution >= 0.6 is 0 Å². The van der Waals surface area contributed by atoms with E-state index in [2.05, 4.69) is 39.1 Å². The molecule has 0 saturated heterocycles. The first-order chi connectivity index (χ1) is 20.6. The number of hydrogen-bond donors (Lipinski definition) is 1. The zero-order chi connectivity index (χ0) is 32.1. The van der Waals surface area contributed by atoms with Crippen molar-refractivity contribution in [3.8, 4) is 5.75 Å². The van der Waals surface area contributed by atoms with Gasteiger partial charge in [0, 0.05) is 11.5 Å². The maximum atomic E-state index is 13.9. The molecular formula is C37H51NO6. The highest BCUT2D eigenvalue weighted by Crippen LogP contribution is 2.66. The van der Waals surface area contributed by atoms with Gasteiger partial charge in [-0.2, -0.15) is 0 Å². The normalized spacial score (nSPS) is 31.4. The van der Waals surface area contributed by atoms with Crippen LogP contribution in [0.25, 0.3) is 0 Å². The van der Waals surface area contributed by atoms with Crippen LogP contribution in [0.15, 0.2) is 47.6 Å². The Morgan fingerprint density at radius 1 is 0.932 bits per heavy atom. The van der Waals surface area contributed by atoms with Crippen LogP contribution < -0.4 is 10.1 Å². The summed E-state index contributed by atoms with van der Waals surface area (Å²) in [4.78, 5) is 38.8. The molecule has 6 atom stereocenters. The summed E-state index contributed by atoms with van der Waals surface area (Å²) in [5.74, 6) is 1.75. The van der Waals surface area contributed by atoms with E-state index in [0.717, 1.165) is 49.8 Å². The number of benzene rings is 1. The minimum atomic E-state index is -0.644. The topological polar surface area (TPSA) is 90.9 Å². The van der Waals surface area contributed by atoms with E-state index in [1.807, 2.05) is 30.3 Å². The third-order valence-electron chi connectivity index (χ3n) is 11.6. The smallest absolute Gasteiger partial charge is 0.336 e. The fraction of sp³-hybridized carbons (Fsp3) is 0.649. The van der Waals surface area contributed by atoms with Gasteiger partial charge in [0.1, 0.15) is 5.75 Å². The quantitative estimate of drug-likeness (QED) is 0.260. The predicted molar refractivity (Wildman–Crippen MR) is 169 cm³/mol. The molecule has 0 spiro atoms. The Kier molecular flexibility index (Phi) is 8.58. The number of rotatable bonds is 7. The van der Waals surface area contributed by atoms with Crippen LogP contribution in [0.1, 0.15) is 99.0 Å². The fourth-order valence-corrected chi connectivity index (χ4v) is 8.84. The SMILES string of the molecule is COc1ccc(C(C)(C)NC(=O)[C@H]2CC[C@H]3[C@@H]4CC=C5C=C(C(=O)OCOC(=O)C(C)(C)C)CC[C@]5(C)[C@H]4CC[C@]23C)cc1. The van der Waals surface area contributed by atoms with Crippen LogP contribution in [0, 0.1) is 39.9 Å². The lowest BCUT2D eigenvalue weighted by molar-refractivity contribution is -0.171. The van der Waals surface area contributed by atoms with Gasteiger partial charge in [-0.3, -0.25) is 9.59 Å². The molecule has 240 valence electrons. The Balaban J connectivity index is 1.26. The third-order valence-corrected chi connectivity index (χ3v) is 11.6. The first-order valence-corrected chi connectivity index (χ1v) is 16.3. The number of nitrogens with one attached hydrogen (secondary N) is 1. The number of carbonyl (C=O) groups is 3. The average molecular weight is 606 g/mol. The monoisotopic (exact) mass is 605 g/mol. The molecule has 7 heteroatoms. The second-order valence-electron chi connectivity index (χ2n) is 15.6. The Bertz CT molecular complexity index is 1350. The maximum absolute atomic E-state index is 13.9. The molecule has 4 aliphatic rings. The largest absolute Gasteiger partial charge is 0.497 e. The first-order valence-electron chi connectivity index (χ1n) is 16.3. The van der Waals surface area contributed by atoms with Crippen LogP contribution in [0.2, 0.25) is 0 Å². The van der Waals surface area contributed by atoms with Crippen molar-refractivity contribution in [2.45, 2.75) is 99.0 Å². The molecule has 1 aromatic rings. The van der Waals surface area contributed by atoms with Gasteiger partial charge in [0.2, 0.25) is 12.7 Å². The highest BCUT2D eigenvalue weighted by atomic mass is 16.7. The minimum Gasteiger partial charge on any atom is -0.497 e. The molecule has 0 heterocycles. The number of esters is 2. The van der Waals surface area contributed by atoms with Gasteiger partial charge in [0.05, 0.1) is 18.1 Å². The summed E-state index contributed by atoms with van der Waals surface area (Å²) in [5.41, 5.74) is 1.81. The molecule has 7 nitrogen and oxygen atoms in total. The van der Waals surface area contributed by atoms with Crippen molar-refractivity contribution < 1.29 is 28.6 Å². The van der Waals surface area contributed by atoms with Gasteiger partial charge in [-0.1, -0.05) is 32.1 Å². The van der Waals surface area contributed by atoms with Crippen molar-refractivity contribution in [2.24, 2.45) is 39.9 Å². The minimum absolute atomic E-state index is 0.00340. The second-order valence-corrected chi connectivity index (χ2v) is 15.6. The number of fused-ring (bicyclic) bond motifs is 5. The lowest BCUT2D eigenvalue weighted by Crippen LogP contribution is -2.52. The molecule has 2 saturated carbocycles. The average Bonchev–Trinajstić information content (AvgIpc) is 3.33. The van der Waals surface area contributed by atoms with E-state index in [0.29, 0.717) is 29.7 Å². The van der Waals surface area contributed by atoms with E-state index in [1.54, 1.807) is 27.9 Å². The van der Waals surface area contributed by atoms with Crippen molar-refractivity contribution in [1.29, 1.82) is 0 Å². The molecule has 0 bridgehead atoms. The molecule has 1 N–H and O–H groups in total. The Morgan fingerprint density at radius 3 is 2.30 bits per heavy atom. The van der Waals surface area contributed by atoms with Crippen LogP contribution in [-0.2, 0) is 29.4 Å². The van der Waals surface area contributed by atoms with Gasteiger partial charge >= 0.3 is 11.9 Å². The van der Waals surface area contributed by atoms with Crippen molar-refractivity contribution in [3.63, 3.8) is 0 Å². The Labute approximate surface area is 263 Å². The summed E-state index contributed by atoms with van der Waals surface area (Å²) in [7, 11) is 1.66. The van der Waals surface area contributed by atoms with Crippen molar-refractivity contribution in [2.75, 3.05) is 13.9 Å². The number of methoxy groups -OCH3 is 1. The van der Waals surface area contributed by atoms with Gasteiger partial charge in [-0.15, -0.1) is 0 Å². The summed E-state index contributed by atoms with van der Waals surface area (Å²) in [6, 6.07) is 7.95. The molecule has 0 aromatic heterocycles. The van der Waals surface area contributed by atoms with Crippen molar-refractivity contribution in [1.82, 2.24) is 5.32 Å². The zero-order valence-electron chi connectivity index (χ0n) is 27.9. The van der Waals surface area contributed by atoms with Gasteiger partial charge in [-0.05, 0) is 137 Å². The highest BCUT2D eigenvalue weighted by Gasteiger charge is 2.60. The molecule has 1 aromatic carbocycles. The molecule has 1 amide bonds. The molecule has 0 unspecified atom stereocenters. The van der Waals surface area contributed by atoms with Crippen molar-refractivity contribution >= 4 is 17.8 Å². The van der Waals surface area contributed by atoms with Crippen LogP contribution in [0.5, 0.6) is 5.75 Å². The first kappa shape index (κ1) is 32.3. The lowest BCUT2D eigenvalue weighted by atomic mass is 9.48. The summed E-state index contributed by atoms with van der Waals surface area (Å²) in [6.45, 7) is 13.8. The molecule has 0 radical (unpaired) electrons. The molecule has 0 aliphatic heterocycles. The molecule has 5 rings (SSSR count). The Morgan fingerprint density at radius 2 is 1.64 bits per heavy atom. The summed E-state index contributed by atoms with van der Waals surface area (Å²) in [5, 5.41) is 3.41. The van der Waals surface area contributed by atoms with Crippen LogP contribution in [0.4, 0.5) is 0 Å². The number of amides is 1. The van der Waals surface area contributed by atoms with E-state index in [1.165, 1.54) is 5.57 Å².